The fourth-order valence-corrected chi connectivity index (χ4v) is 3.26. The van der Waals surface area contributed by atoms with E-state index in [0.717, 1.165) is 11.1 Å². The van der Waals surface area contributed by atoms with E-state index in [1.165, 1.54) is 19.2 Å². The van der Waals surface area contributed by atoms with Crippen molar-refractivity contribution in [3.63, 3.8) is 0 Å². The molecule has 2 aromatic rings. The molecule has 2 atom stereocenters. The Morgan fingerprint density at radius 3 is 2.34 bits per heavy atom. The molecule has 35 heavy (non-hydrogen) atoms. The molecule has 0 aliphatic carbocycles. The SMILES string of the molecule is COc1ccc(F)cc1-c1ccc(CC(N[C@@H](C)C(=O)OC(C)(C)C)C(=O)N/C(=N/N)NN)cc1. The Hall–Kier alpha value is -3.70. The van der Waals surface area contributed by atoms with Crippen molar-refractivity contribution in [1.29, 1.82) is 0 Å². The van der Waals surface area contributed by atoms with E-state index in [4.69, 9.17) is 21.2 Å². The van der Waals surface area contributed by atoms with Gasteiger partial charge in [0.1, 0.15) is 23.2 Å². The molecule has 2 aromatic carbocycles. The maximum Gasteiger partial charge on any atom is 0.323 e. The monoisotopic (exact) mass is 488 g/mol. The number of carbonyl (C=O) groups excluding carboxylic acids is 2. The molecule has 0 aliphatic rings. The van der Waals surface area contributed by atoms with Crippen LogP contribution in [0.3, 0.4) is 0 Å². The second-order valence-electron chi connectivity index (χ2n) is 8.83. The smallest absolute Gasteiger partial charge is 0.323 e. The summed E-state index contributed by atoms with van der Waals surface area (Å²) in [5.41, 5.74) is 3.62. The molecule has 190 valence electrons. The van der Waals surface area contributed by atoms with Crippen LogP contribution in [0.2, 0.25) is 0 Å². The number of rotatable bonds is 8. The molecule has 1 amide bonds. The molecule has 0 bridgehead atoms. The summed E-state index contributed by atoms with van der Waals surface area (Å²) in [5.74, 6) is 9.50. The molecule has 0 aliphatic heterocycles. The van der Waals surface area contributed by atoms with E-state index in [-0.39, 0.29) is 18.2 Å². The molecule has 0 saturated carbocycles. The van der Waals surface area contributed by atoms with Crippen molar-refractivity contribution in [2.24, 2.45) is 16.8 Å². The molecule has 0 radical (unpaired) electrons. The maximum atomic E-state index is 13.8. The minimum Gasteiger partial charge on any atom is -0.496 e. The number of hydrazone groups is 1. The molecule has 10 nitrogen and oxygen atoms in total. The number of esters is 1. The number of guanidine groups is 1. The first-order valence-electron chi connectivity index (χ1n) is 10.9. The highest BCUT2D eigenvalue weighted by molar-refractivity contribution is 5.99. The third-order valence-corrected chi connectivity index (χ3v) is 4.90. The second-order valence-corrected chi connectivity index (χ2v) is 8.83. The number of hydrogen-bond acceptors (Lipinski definition) is 8. The van der Waals surface area contributed by atoms with Crippen LogP contribution in [0.4, 0.5) is 4.39 Å². The van der Waals surface area contributed by atoms with Crippen molar-refractivity contribution >= 4 is 17.8 Å². The molecule has 0 heterocycles. The standard InChI is InChI=1S/C24H33FN6O4/c1-14(22(33)35-24(2,3)4)28-19(21(32)29-23(30-26)31-27)12-15-6-8-16(9-7-15)18-13-17(25)10-11-20(18)34-5/h6-11,13-14,19,28H,12,26-27H2,1-5H3,(H2,29,30,31,32)/t14-,19?/m0/s1. The number of halogens is 1. The summed E-state index contributed by atoms with van der Waals surface area (Å²) in [5, 5.41) is 8.81. The Labute approximate surface area is 204 Å². The largest absolute Gasteiger partial charge is 0.496 e. The zero-order valence-electron chi connectivity index (χ0n) is 20.5. The second kappa shape index (κ2) is 12.1. The van der Waals surface area contributed by atoms with Crippen molar-refractivity contribution in [1.82, 2.24) is 16.1 Å². The zero-order chi connectivity index (χ0) is 26.2. The summed E-state index contributed by atoms with van der Waals surface area (Å²) >= 11 is 0. The first-order chi connectivity index (χ1) is 16.5. The van der Waals surface area contributed by atoms with Crippen molar-refractivity contribution in [3.05, 3.63) is 53.8 Å². The van der Waals surface area contributed by atoms with Gasteiger partial charge >= 0.3 is 5.97 Å². The van der Waals surface area contributed by atoms with Gasteiger partial charge in [0.25, 0.3) is 0 Å². The van der Waals surface area contributed by atoms with Gasteiger partial charge in [-0.2, -0.15) is 0 Å². The van der Waals surface area contributed by atoms with Crippen molar-refractivity contribution < 1.29 is 23.5 Å². The van der Waals surface area contributed by atoms with Gasteiger partial charge in [0.05, 0.1) is 13.2 Å². The normalized spacial score (nSPS) is 13.5. The average molecular weight is 489 g/mol. The van der Waals surface area contributed by atoms with Crippen LogP contribution in [-0.4, -0.2) is 42.6 Å². The van der Waals surface area contributed by atoms with Crippen LogP contribution < -0.4 is 32.5 Å². The highest BCUT2D eigenvalue weighted by Crippen LogP contribution is 2.30. The highest BCUT2D eigenvalue weighted by atomic mass is 19.1. The number of amides is 1. The lowest BCUT2D eigenvalue weighted by Gasteiger charge is -2.26. The Morgan fingerprint density at radius 1 is 1.14 bits per heavy atom. The Bertz CT molecular complexity index is 1050. The summed E-state index contributed by atoms with van der Waals surface area (Å²) in [6.07, 6.45) is 0.210. The van der Waals surface area contributed by atoms with E-state index in [9.17, 15) is 14.0 Å². The van der Waals surface area contributed by atoms with Crippen molar-refractivity contribution in [2.45, 2.75) is 51.8 Å². The molecule has 1 unspecified atom stereocenters. The molecule has 7 N–H and O–H groups in total. The number of hydrazine groups is 1. The number of methoxy groups -OCH3 is 1. The van der Waals surface area contributed by atoms with E-state index in [2.05, 4.69) is 21.2 Å². The maximum absolute atomic E-state index is 13.8. The van der Waals surface area contributed by atoms with Crippen LogP contribution in [0, 0.1) is 5.82 Å². The zero-order valence-corrected chi connectivity index (χ0v) is 20.5. The molecule has 0 aromatic heterocycles. The lowest BCUT2D eigenvalue weighted by atomic mass is 9.99. The highest BCUT2D eigenvalue weighted by Gasteiger charge is 2.28. The van der Waals surface area contributed by atoms with E-state index in [1.54, 1.807) is 58.0 Å². The third kappa shape index (κ3) is 8.23. The average Bonchev–Trinajstić information content (AvgIpc) is 2.81. The number of ether oxygens (including phenoxy) is 2. The van der Waals surface area contributed by atoms with E-state index in [1.807, 2.05) is 0 Å². The van der Waals surface area contributed by atoms with Crippen molar-refractivity contribution in [3.8, 4) is 16.9 Å². The summed E-state index contributed by atoms with van der Waals surface area (Å²) in [7, 11) is 1.51. The Kier molecular flexibility index (Phi) is 9.55. The van der Waals surface area contributed by atoms with Crippen LogP contribution >= 0.6 is 0 Å². The number of benzene rings is 2. The topological polar surface area (TPSA) is 153 Å². The predicted octanol–water partition coefficient (Wildman–Crippen LogP) is 1.54. The van der Waals surface area contributed by atoms with E-state index >= 15 is 0 Å². The summed E-state index contributed by atoms with van der Waals surface area (Å²) in [4.78, 5) is 25.4. The minimum absolute atomic E-state index is 0.139. The van der Waals surface area contributed by atoms with Gasteiger partial charge in [-0.25, -0.2) is 10.2 Å². The van der Waals surface area contributed by atoms with E-state index in [0.29, 0.717) is 11.3 Å². The fourth-order valence-electron chi connectivity index (χ4n) is 3.26. The molecule has 11 heteroatoms. The van der Waals surface area contributed by atoms with Crippen LogP contribution in [0.5, 0.6) is 5.75 Å². The fraction of sp³-hybridized carbons (Fsp3) is 0.375. The number of nitrogens with one attached hydrogen (secondary N) is 3. The summed E-state index contributed by atoms with van der Waals surface area (Å²) in [6.45, 7) is 6.88. The van der Waals surface area contributed by atoms with Gasteiger partial charge in [-0.05, 0) is 63.4 Å². The van der Waals surface area contributed by atoms with Gasteiger partial charge in [0.2, 0.25) is 11.9 Å². The number of nitrogens with two attached hydrogens (primary N) is 2. The van der Waals surface area contributed by atoms with Gasteiger partial charge < -0.3 is 15.3 Å². The first kappa shape index (κ1) is 27.5. The van der Waals surface area contributed by atoms with E-state index < -0.39 is 29.6 Å². The van der Waals surface area contributed by atoms with Gasteiger partial charge in [-0.3, -0.25) is 25.6 Å². The van der Waals surface area contributed by atoms with Crippen LogP contribution in [0.25, 0.3) is 11.1 Å². The molecule has 0 fully saturated rings. The quantitative estimate of drug-likeness (QED) is 0.123. The van der Waals surface area contributed by atoms with Crippen LogP contribution in [0.1, 0.15) is 33.3 Å². The summed E-state index contributed by atoms with van der Waals surface area (Å²) in [6, 6.07) is 9.83. The molecule has 0 spiro atoms. The summed E-state index contributed by atoms with van der Waals surface area (Å²) < 4.78 is 24.5. The van der Waals surface area contributed by atoms with Crippen LogP contribution in [0.15, 0.2) is 47.6 Å². The number of carbonyl (C=O) groups is 2. The lowest BCUT2D eigenvalue weighted by Crippen LogP contribution is -2.55. The molecular formula is C24H33FN6O4. The van der Waals surface area contributed by atoms with Crippen LogP contribution in [-0.2, 0) is 20.7 Å². The minimum atomic E-state index is -0.864. The number of hydrogen-bond donors (Lipinski definition) is 5. The van der Waals surface area contributed by atoms with Gasteiger partial charge in [-0.1, -0.05) is 24.3 Å². The first-order valence-corrected chi connectivity index (χ1v) is 10.9. The Balaban J connectivity index is 2.26. The Morgan fingerprint density at radius 2 is 1.80 bits per heavy atom. The molecule has 2 rings (SSSR count). The predicted molar refractivity (Wildman–Crippen MR) is 131 cm³/mol. The molecule has 0 saturated heterocycles. The lowest BCUT2D eigenvalue weighted by molar-refractivity contribution is -0.157. The van der Waals surface area contributed by atoms with Gasteiger partial charge in [0.15, 0.2) is 0 Å². The van der Waals surface area contributed by atoms with Crippen molar-refractivity contribution in [2.75, 3.05) is 7.11 Å². The van der Waals surface area contributed by atoms with Gasteiger partial charge in [0, 0.05) is 5.56 Å². The molecular weight excluding hydrogens is 455 g/mol. The number of nitrogens with zero attached hydrogens (tertiary/aromatic N) is 1. The van der Waals surface area contributed by atoms with Gasteiger partial charge in [-0.15, -0.1) is 5.10 Å². The third-order valence-electron chi connectivity index (χ3n) is 4.90.